The number of aromatic nitrogens is 2. The van der Waals surface area contributed by atoms with Crippen molar-refractivity contribution >= 4 is 17.3 Å². The predicted octanol–water partition coefficient (Wildman–Crippen LogP) is 5.97. The SMILES string of the molecule is Cc1[nH]n(-c2cccc(C(F)(F)F)c2)c(=O)c1N=Nc1cccc(C2CCCC(C(=O)O)C2)c1O. The number of aromatic amines is 1. The van der Waals surface area contributed by atoms with E-state index in [9.17, 15) is 33.0 Å². The number of carboxylic acid groups (broad SMARTS) is 1. The number of hydrogen-bond donors (Lipinski definition) is 3. The Hall–Kier alpha value is -3.89. The molecule has 0 bridgehead atoms. The van der Waals surface area contributed by atoms with Gasteiger partial charge in [-0.3, -0.25) is 14.7 Å². The number of aryl methyl sites for hydroxylation is 1. The number of nitrogens with one attached hydrogen (secondary N) is 1. The van der Waals surface area contributed by atoms with Gasteiger partial charge in [0.25, 0.3) is 5.56 Å². The first-order valence-electron chi connectivity index (χ1n) is 11.0. The number of rotatable bonds is 5. The van der Waals surface area contributed by atoms with Gasteiger partial charge >= 0.3 is 12.1 Å². The second-order valence-corrected chi connectivity index (χ2v) is 8.59. The number of para-hydroxylation sites is 1. The third-order valence-electron chi connectivity index (χ3n) is 6.24. The van der Waals surface area contributed by atoms with E-state index in [1.54, 1.807) is 12.1 Å². The minimum Gasteiger partial charge on any atom is -0.505 e. The van der Waals surface area contributed by atoms with Crippen LogP contribution in [0.1, 0.15) is 48.4 Å². The molecule has 3 N–H and O–H groups in total. The molecule has 11 heteroatoms. The molecule has 2 aromatic carbocycles. The van der Waals surface area contributed by atoms with E-state index in [4.69, 9.17) is 0 Å². The molecule has 1 saturated carbocycles. The third-order valence-corrected chi connectivity index (χ3v) is 6.24. The fourth-order valence-corrected chi connectivity index (χ4v) is 4.42. The molecular formula is C24H23F3N4O4. The largest absolute Gasteiger partial charge is 0.505 e. The fourth-order valence-electron chi connectivity index (χ4n) is 4.42. The number of phenolic OH excluding ortho intramolecular Hbond substituents is 1. The van der Waals surface area contributed by atoms with Crippen molar-refractivity contribution in [2.45, 2.75) is 44.7 Å². The van der Waals surface area contributed by atoms with E-state index in [0.29, 0.717) is 18.4 Å². The highest BCUT2D eigenvalue weighted by atomic mass is 19.4. The average molecular weight is 488 g/mol. The Labute approximate surface area is 197 Å². The van der Waals surface area contributed by atoms with Gasteiger partial charge in [0.15, 0.2) is 5.69 Å². The Kier molecular flexibility index (Phi) is 6.51. The van der Waals surface area contributed by atoms with Crippen LogP contribution >= 0.6 is 0 Å². The van der Waals surface area contributed by atoms with E-state index in [2.05, 4.69) is 15.3 Å². The quantitative estimate of drug-likeness (QED) is 0.383. The van der Waals surface area contributed by atoms with Gasteiger partial charge in [0.2, 0.25) is 0 Å². The summed E-state index contributed by atoms with van der Waals surface area (Å²) in [6.45, 7) is 1.53. The van der Waals surface area contributed by atoms with Crippen LogP contribution in [0.5, 0.6) is 5.75 Å². The number of benzene rings is 2. The number of H-pyrrole nitrogens is 1. The maximum absolute atomic E-state index is 13.1. The number of phenols is 1. The average Bonchev–Trinajstić information content (AvgIpc) is 3.11. The second-order valence-electron chi connectivity index (χ2n) is 8.59. The number of azo groups is 1. The molecule has 0 aliphatic heterocycles. The lowest BCUT2D eigenvalue weighted by Crippen LogP contribution is -2.21. The summed E-state index contributed by atoms with van der Waals surface area (Å²) < 4.78 is 40.1. The summed E-state index contributed by atoms with van der Waals surface area (Å²) in [5.74, 6) is -1.62. The van der Waals surface area contributed by atoms with E-state index in [0.717, 1.165) is 29.7 Å². The molecule has 2 unspecified atom stereocenters. The molecule has 184 valence electrons. The van der Waals surface area contributed by atoms with Crippen LogP contribution in [0.25, 0.3) is 5.69 Å². The summed E-state index contributed by atoms with van der Waals surface area (Å²) in [6, 6.07) is 9.20. The number of alkyl halides is 3. The van der Waals surface area contributed by atoms with Gasteiger partial charge in [-0.1, -0.05) is 24.6 Å². The van der Waals surface area contributed by atoms with Crippen LogP contribution in [0.3, 0.4) is 0 Å². The van der Waals surface area contributed by atoms with Crippen LogP contribution in [0, 0.1) is 12.8 Å². The van der Waals surface area contributed by atoms with Gasteiger partial charge in [0.05, 0.1) is 22.9 Å². The van der Waals surface area contributed by atoms with Crippen molar-refractivity contribution in [1.82, 2.24) is 9.78 Å². The summed E-state index contributed by atoms with van der Waals surface area (Å²) in [6.07, 6.45) is -2.10. The second kappa shape index (κ2) is 9.40. The van der Waals surface area contributed by atoms with Crippen molar-refractivity contribution in [3.8, 4) is 11.4 Å². The zero-order valence-corrected chi connectivity index (χ0v) is 18.7. The number of aliphatic carboxylic acids is 1. The van der Waals surface area contributed by atoms with Crippen LogP contribution in [-0.2, 0) is 11.0 Å². The van der Waals surface area contributed by atoms with E-state index < -0.39 is 29.2 Å². The first-order chi connectivity index (χ1) is 16.6. The van der Waals surface area contributed by atoms with Crippen molar-refractivity contribution in [2.24, 2.45) is 16.1 Å². The van der Waals surface area contributed by atoms with Crippen molar-refractivity contribution in [2.75, 3.05) is 0 Å². The summed E-state index contributed by atoms with van der Waals surface area (Å²) in [5, 5.41) is 30.8. The molecule has 8 nitrogen and oxygen atoms in total. The highest BCUT2D eigenvalue weighted by Gasteiger charge is 2.31. The third kappa shape index (κ3) is 4.98. The minimum atomic E-state index is -4.56. The number of nitrogens with zero attached hydrogens (tertiary/aromatic N) is 3. The lowest BCUT2D eigenvalue weighted by molar-refractivity contribution is -0.143. The zero-order valence-electron chi connectivity index (χ0n) is 18.7. The molecule has 0 spiro atoms. The molecule has 1 aromatic heterocycles. The Morgan fingerprint density at radius 3 is 2.60 bits per heavy atom. The van der Waals surface area contributed by atoms with E-state index in [-0.39, 0.29) is 34.4 Å². The van der Waals surface area contributed by atoms with Crippen LogP contribution in [0.2, 0.25) is 0 Å². The molecule has 0 saturated heterocycles. The smallest absolute Gasteiger partial charge is 0.416 e. The van der Waals surface area contributed by atoms with Crippen LogP contribution in [0.15, 0.2) is 57.5 Å². The summed E-state index contributed by atoms with van der Waals surface area (Å²) in [5.41, 5.74) is -0.765. The van der Waals surface area contributed by atoms with E-state index in [1.165, 1.54) is 25.1 Å². The van der Waals surface area contributed by atoms with Crippen molar-refractivity contribution in [3.05, 3.63) is 69.6 Å². The number of carboxylic acids is 1. The van der Waals surface area contributed by atoms with Gasteiger partial charge in [-0.05, 0) is 61.9 Å². The van der Waals surface area contributed by atoms with Gasteiger partial charge in [0, 0.05) is 0 Å². The van der Waals surface area contributed by atoms with Crippen molar-refractivity contribution in [3.63, 3.8) is 0 Å². The Morgan fingerprint density at radius 2 is 1.89 bits per heavy atom. The summed E-state index contributed by atoms with van der Waals surface area (Å²) in [7, 11) is 0. The minimum absolute atomic E-state index is 0.00972. The number of aromatic hydroxyl groups is 1. The molecular weight excluding hydrogens is 465 g/mol. The molecule has 1 heterocycles. The number of halogens is 3. The van der Waals surface area contributed by atoms with Crippen LogP contribution in [-0.4, -0.2) is 26.0 Å². The van der Waals surface area contributed by atoms with Crippen molar-refractivity contribution < 1.29 is 28.2 Å². The maximum atomic E-state index is 13.1. The summed E-state index contributed by atoms with van der Waals surface area (Å²) in [4.78, 5) is 24.2. The summed E-state index contributed by atoms with van der Waals surface area (Å²) >= 11 is 0. The molecule has 3 aromatic rings. The first kappa shape index (κ1) is 24.2. The number of hydrogen-bond acceptors (Lipinski definition) is 5. The lowest BCUT2D eigenvalue weighted by atomic mass is 9.77. The Morgan fingerprint density at radius 1 is 1.14 bits per heavy atom. The Balaban J connectivity index is 1.63. The van der Waals surface area contributed by atoms with E-state index in [1.807, 2.05) is 0 Å². The Bertz CT molecular complexity index is 1340. The molecule has 1 aliphatic rings. The van der Waals surface area contributed by atoms with Crippen LogP contribution in [0.4, 0.5) is 24.5 Å². The number of carbonyl (C=O) groups is 1. The highest BCUT2D eigenvalue weighted by molar-refractivity contribution is 5.70. The molecule has 1 fully saturated rings. The molecule has 4 rings (SSSR count). The molecule has 2 atom stereocenters. The first-order valence-corrected chi connectivity index (χ1v) is 11.0. The maximum Gasteiger partial charge on any atom is 0.416 e. The lowest BCUT2D eigenvalue weighted by Gasteiger charge is -2.27. The van der Waals surface area contributed by atoms with Gasteiger partial charge in [-0.25, -0.2) is 4.68 Å². The predicted molar refractivity (Wildman–Crippen MR) is 121 cm³/mol. The van der Waals surface area contributed by atoms with Gasteiger partial charge in [-0.2, -0.15) is 13.2 Å². The molecule has 1 aliphatic carbocycles. The molecule has 35 heavy (non-hydrogen) atoms. The van der Waals surface area contributed by atoms with Gasteiger partial charge < -0.3 is 10.2 Å². The topological polar surface area (TPSA) is 120 Å². The monoisotopic (exact) mass is 488 g/mol. The normalized spacial score (nSPS) is 18.7. The van der Waals surface area contributed by atoms with Gasteiger partial charge in [-0.15, -0.1) is 10.2 Å². The molecule has 0 amide bonds. The van der Waals surface area contributed by atoms with Gasteiger partial charge in [0.1, 0.15) is 11.4 Å². The van der Waals surface area contributed by atoms with Crippen LogP contribution < -0.4 is 5.56 Å². The highest BCUT2D eigenvalue weighted by Crippen LogP contribution is 2.43. The fraction of sp³-hybridized carbons (Fsp3) is 0.333. The zero-order chi connectivity index (χ0) is 25.3. The van der Waals surface area contributed by atoms with Crippen molar-refractivity contribution in [1.29, 1.82) is 0 Å². The standard InChI is InChI=1S/C24H23F3N4O4/c1-13-20(22(33)31(30-13)17-8-3-7-16(12-17)24(25,26)27)29-28-19-10-4-9-18(21(19)32)14-5-2-6-15(11-14)23(34)35/h3-4,7-10,12,14-15,30,32H,2,5-6,11H2,1H3,(H,34,35). The molecule has 0 radical (unpaired) electrons. The van der Waals surface area contributed by atoms with E-state index >= 15 is 0 Å².